The van der Waals surface area contributed by atoms with Crippen LogP contribution in [0.15, 0.2) is 141 Å². The van der Waals surface area contributed by atoms with E-state index in [0.29, 0.717) is 33.2 Å². The maximum absolute atomic E-state index is 14.5. The molecule has 0 aliphatic carbocycles. The Kier molecular flexibility index (Phi) is 19.5. The van der Waals surface area contributed by atoms with Gasteiger partial charge in [-0.2, -0.15) is 0 Å². The van der Waals surface area contributed by atoms with Crippen molar-refractivity contribution in [2.45, 2.75) is 66.5 Å². The van der Waals surface area contributed by atoms with Crippen LogP contribution in [0.2, 0.25) is 5.02 Å². The Morgan fingerprint density at radius 3 is 1.30 bits per heavy atom. The van der Waals surface area contributed by atoms with E-state index in [1.165, 1.54) is 12.1 Å². The van der Waals surface area contributed by atoms with Gasteiger partial charge in [-0.3, -0.25) is 0 Å². The fourth-order valence-corrected chi connectivity index (χ4v) is 10.1. The predicted molar refractivity (Wildman–Crippen MR) is 308 cm³/mol. The number of nitrogens with one attached hydrogen (secondary N) is 2. The second-order valence-electron chi connectivity index (χ2n) is 18.0. The van der Waals surface area contributed by atoms with E-state index in [9.17, 15) is 28.6 Å². The van der Waals surface area contributed by atoms with Crippen molar-refractivity contribution in [1.82, 2.24) is 10.6 Å². The first-order valence-electron chi connectivity index (χ1n) is 25.0. The molecule has 0 radical (unpaired) electrons. The van der Waals surface area contributed by atoms with Gasteiger partial charge in [0.15, 0.2) is 0 Å². The quantitative estimate of drug-likeness (QED) is 0.0658. The number of carbonyl (C=O) groups is 2. The summed E-state index contributed by atoms with van der Waals surface area (Å²) in [5, 5.41) is 30.0. The number of aliphatic carboxylic acids is 2. The summed E-state index contributed by atoms with van der Waals surface area (Å²) in [6, 6.07) is 36.2. The molecule has 400 valence electrons. The van der Waals surface area contributed by atoms with Gasteiger partial charge in [-0.25, -0.2) is 18.4 Å². The number of halogens is 3. The van der Waals surface area contributed by atoms with Gasteiger partial charge in [0.05, 0.1) is 44.6 Å². The molecule has 0 saturated carbocycles. The number of fused-ring (bicyclic) bond motifs is 2. The molecule has 0 unspecified atom stereocenters. The molecule has 0 spiro atoms. The third-order valence-corrected chi connectivity index (χ3v) is 13.6. The molecule has 8 aromatic rings. The molecule has 10 nitrogen and oxygen atoms in total. The highest BCUT2D eigenvalue weighted by Crippen LogP contribution is 2.47. The van der Waals surface area contributed by atoms with Crippen LogP contribution in [0.3, 0.4) is 0 Å². The number of carboxylic acids is 2. The minimum atomic E-state index is -1.07. The lowest BCUT2D eigenvalue weighted by atomic mass is 9.90. The smallest absolute Gasteiger partial charge is 0.326 e. The first-order valence-corrected chi connectivity index (χ1v) is 25.3. The molecular weight excluding hydrogens is 998 g/mol. The van der Waals surface area contributed by atoms with E-state index in [1.54, 1.807) is 78.7 Å². The first-order chi connectivity index (χ1) is 36.9. The highest BCUT2D eigenvalue weighted by atomic mass is 35.5. The largest absolute Gasteiger partial charge is 0.496 e. The molecule has 2 atom stereocenters. The Bertz CT molecular complexity index is 3430. The summed E-state index contributed by atoms with van der Waals surface area (Å²) in [6.07, 6.45) is 0.316. The van der Waals surface area contributed by atoms with Gasteiger partial charge in [-0.15, -0.1) is 0 Å². The van der Waals surface area contributed by atoms with E-state index in [-0.39, 0.29) is 35.4 Å². The van der Waals surface area contributed by atoms with Crippen LogP contribution in [0, 0.1) is 39.3 Å². The van der Waals surface area contributed by atoms with Gasteiger partial charge in [-0.1, -0.05) is 136 Å². The normalized spacial score (nSPS) is 11.5. The van der Waals surface area contributed by atoms with Crippen LogP contribution in [-0.2, 0) is 22.4 Å². The summed E-state index contributed by atoms with van der Waals surface area (Å²) >= 11 is 6.43. The fraction of sp³-hybridized carbons (Fsp3) is 0.219. The fourth-order valence-electron chi connectivity index (χ4n) is 9.86. The van der Waals surface area contributed by atoms with Gasteiger partial charge < -0.3 is 39.8 Å². The third kappa shape index (κ3) is 12.5. The molecule has 0 fully saturated rings. The predicted octanol–water partition coefficient (Wildman–Crippen LogP) is 14.8. The molecule has 0 aliphatic rings. The maximum atomic E-state index is 14.5. The molecule has 8 rings (SSSR count). The third-order valence-electron chi connectivity index (χ3n) is 13.3. The average Bonchev–Trinajstić information content (AvgIpc) is 3.42. The highest BCUT2D eigenvalue weighted by Gasteiger charge is 2.26. The number of aryl methyl sites for hydroxylation is 4. The molecule has 8 aromatic carbocycles. The molecule has 0 aliphatic heterocycles. The van der Waals surface area contributed by atoms with Crippen molar-refractivity contribution in [2.75, 3.05) is 28.4 Å². The lowest BCUT2D eigenvalue weighted by molar-refractivity contribution is -0.140. The van der Waals surface area contributed by atoms with Crippen molar-refractivity contribution >= 4 is 56.5 Å². The molecule has 0 heterocycles. The monoisotopic (exact) mass is 1060 g/mol. The molecule has 4 N–H and O–H groups in total. The molecule has 0 bridgehead atoms. The summed E-state index contributed by atoms with van der Waals surface area (Å²) in [5.41, 5.74) is 9.30. The van der Waals surface area contributed by atoms with E-state index < -0.39 is 35.7 Å². The second kappa shape index (κ2) is 25.9. The minimum Gasteiger partial charge on any atom is -0.496 e. The van der Waals surface area contributed by atoms with Crippen molar-refractivity contribution in [3.05, 3.63) is 202 Å². The first kappa shape index (κ1) is 57.9. The van der Waals surface area contributed by atoms with Crippen LogP contribution in [-0.4, -0.2) is 62.7 Å². The number of ether oxygens (including phenoxy) is 4. The number of rotatable bonds is 18. The Labute approximate surface area is 454 Å². The average molecular weight is 1060 g/mol. The van der Waals surface area contributed by atoms with E-state index in [0.717, 1.165) is 72.0 Å². The molecular formula is C64H65ClF2N2O8. The number of carboxylic acid groups (broad SMARTS) is 2. The van der Waals surface area contributed by atoms with Gasteiger partial charge in [0, 0.05) is 35.4 Å². The van der Waals surface area contributed by atoms with Crippen molar-refractivity contribution in [1.29, 1.82) is 0 Å². The zero-order chi connectivity index (χ0) is 56.2. The van der Waals surface area contributed by atoms with Crippen LogP contribution in [0.1, 0.15) is 58.4 Å². The van der Waals surface area contributed by atoms with E-state index in [1.807, 2.05) is 107 Å². The lowest BCUT2D eigenvalue weighted by Gasteiger charge is -2.21. The van der Waals surface area contributed by atoms with Crippen LogP contribution in [0.4, 0.5) is 8.78 Å². The summed E-state index contributed by atoms with van der Waals surface area (Å²) in [4.78, 5) is 24.5. The van der Waals surface area contributed by atoms with Crippen molar-refractivity contribution in [3.63, 3.8) is 0 Å². The summed E-state index contributed by atoms with van der Waals surface area (Å²) < 4.78 is 51.8. The molecule has 0 amide bonds. The Morgan fingerprint density at radius 2 is 0.909 bits per heavy atom. The standard InChI is InChI=1S/C32H32FNO4.C30H27ClFNO4.C2H6/c1-18-10-7-15-26(33)28(18)21(4)34-27(32(35)36)17-22-11-8-13-24-23(22)12-9-14-25(24)29-30(37-5)19(2)16-20(3)31(29)38-6;1-17-8-5-13-24(32)27(17)18(2)33-25(30(34)35)16-19-9-6-11-21-20(19)10-7-12-22(21)28-26(36-3)15-14-23(31)29(28)37-4;1-2/h7-16,27,34H,4,17H2,1-3,5-6H3,(H,35,36);5-15,25,33H,2,16H2,1,3-4H3,(H,34,35);1-2H3/t27-;25-;/m00./s1. The zero-order valence-electron chi connectivity index (χ0n) is 45.1. The van der Waals surface area contributed by atoms with Gasteiger partial charge in [0.25, 0.3) is 0 Å². The molecule has 0 saturated heterocycles. The zero-order valence-corrected chi connectivity index (χ0v) is 45.8. The van der Waals surface area contributed by atoms with Crippen molar-refractivity contribution in [2.24, 2.45) is 0 Å². The summed E-state index contributed by atoms with van der Waals surface area (Å²) in [5.74, 6) is -0.480. The van der Waals surface area contributed by atoms with Gasteiger partial charge in [-0.05, 0) is 124 Å². The van der Waals surface area contributed by atoms with E-state index in [4.69, 9.17) is 30.5 Å². The van der Waals surface area contributed by atoms with Crippen LogP contribution in [0.25, 0.3) is 55.2 Å². The van der Waals surface area contributed by atoms with E-state index >= 15 is 0 Å². The van der Waals surface area contributed by atoms with Crippen molar-refractivity contribution in [3.8, 4) is 45.3 Å². The van der Waals surface area contributed by atoms with E-state index in [2.05, 4.69) is 23.8 Å². The Morgan fingerprint density at radius 1 is 0.519 bits per heavy atom. The number of hydrogen-bond donors (Lipinski definition) is 4. The summed E-state index contributed by atoms with van der Waals surface area (Å²) in [7, 11) is 6.42. The summed E-state index contributed by atoms with van der Waals surface area (Å²) in [6.45, 7) is 19.4. The number of benzene rings is 8. The number of hydrogen-bond acceptors (Lipinski definition) is 8. The van der Waals surface area contributed by atoms with Crippen molar-refractivity contribution < 1.29 is 47.5 Å². The van der Waals surface area contributed by atoms with Gasteiger partial charge in [0.2, 0.25) is 0 Å². The molecule has 0 aromatic heterocycles. The Hall–Kier alpha value is -8.35. The lowest BCUT2D eigenvalue weighted by Crippen LogP contribution is -2.37. The van der Waals surface area contributed by atoms with Crippen LogP contribution >= 0.6 is 11.6 Å². The Balaban J connectivity index is 0.000000242. The SMILES string of the molecule is C=C(N[C@@H](Cc1cccc2c(-c3c(OC)c(C)cc(C)c3OC)cccc12)C(=O)O)c1c(C)cccc1F.C=C(N[C@@H](Cc1cccc2c(-c3c(OC)ccc(Cl)c3OC)cccc12)C(=O)O)c1c(C)cccc1F.CC. The second-order valence-corrected chi connectivity index (χ2v) is 18.5. The van der Waals surface area contributed by atoms with Crippen LogP contribution in [0.5, 0.6) is 23.0 Å². The van der Waals surface area contributed by atoms with Gasteiger partial charge in [0.1, 0.15) is 46.7 Å². The maximum Gasteiger partial charge on any atom is 0.326 e. The topological polar surface area (TPSA) is 136 Å². The van der Waals surface area contributed by atoms with Gasteiger partial charge >= 0.3 is 11.9 Å². The highest BCUT2D eigenvalue weighted by molar-refractivity contribution is 6.33. The minimum absolute atomic E-state index is 0.145. The number of methoxy groups -OCH3 is 4. The molecule has 77 heavy (non-hydrogen) atoms. The molecule has 13 heteroatoms. The van der Waals surface area contributed by atoms with Crippen LogP contribution < -0.4 is 29.6 Å².